The van der Waals surface area contributed by atoms with Gasteiger partial charge in [-0.25, -0.2) is 4.98 Å². The zero-order valence-corrected chi connectivity index (χ0v) is 11.8. The Labute approximate surface area is 107 Å². The van der Waals surface area contributed by atoms with Gasteiger partial charge in [-0.1, -0.05) is 6.92 Å². The van der Waals surface area contributed by atoms with Crippen LogP contribution in [0, 0.1) is 0 Å². The molecule has 0 radical (unpaired) electrons. The van der Waals surface area contributed by atoms with Crippen molar-refractivity contribution >= 4 is 22.9 Å². The largest absolute Gasteiger partial charge is 0.368 e. The third-order valence-electron chi connectivity index (χ3n) is 2.71. The van der Waals surface area contributed by atoms with Crippen LogP contribution in [0.4, 0.5) is 0 Å². The molecule has 0 aromatic carbocycles. The molecule has 1 aromatic heterocycles. The molecule has 0 aliphatic heterocycles. The normalized spacial score (nSPS) is 15.0. The van der Waals surface area contributed by atoms with E-state index in [0.717, 1.165) is 36.6 Å². The highest BCUT2D eigenvalue weighted by molar-refractivity contribution is 7.09. The van der Waals surface area contributed by atoms with E-state index in [1.165, 1.54) is 0 Å². The van der Waals surface area contributed by atoms with Crippen molar-refractivity contribution in [1.82, 2.24) is 4.98 Å². The lowest BCUT2D eigenvalue weighted by molar-refractivity contribution is -0.0325. The minimum absolute atomic E-state index is 0.224. The summed E-state index contributed by atoms with van der Waals surface area (Å²) in [6.45, 7) is 6.99. The first-order valence-electron chi connectivity index (χ1n) is 5.81. The fourth-order valence-corrected chi connectivity index (χ4v) is 2.72. The number of halogens is 1. The number of rotatable bonds is 7. The van der Waals surface area contributed by atoms with Gasteiger partial charge in [0, 0.05) is 17.9 Å². The fraction of sp³-hybridized carbons (Fsp3) is 0.750. The summed E-state index contributed by atoms with van der Waals surface area (Å²) >= 11 is 7.37. The Balaban J connectivity index is 2.74. The minimum Gasteiger partial charge on any atom is -0.368 e. The molecule has 0 amide bonds. The highest BCUT2D eigenvalue weighted by Crippen LogP contribution is 2.31. The van der Waals surface area contributed by atoms with E-state index in [9.17, 15) is 0 Å². The first-order chi connectivity index (χ1) is 7.66. The minimum atomic E-state index is -0.224. The van der Waals surface area contributed by atoms with E-state index in [4.69, 9.17) is 16.3 Å². The van der Waals surface area contributed by atoms with E-state index >= 15 is 0 Å². The van der Waals surface area contributed by atoms with E-state index in [0.29, 0.717) is 5.88 Å². The van der Waals surface area contributed by atoms with Gasteiger partial charge < -0.3 is 4.74 Å². The Morgan fingerprint density at radius 1 is 1.50 bits per heavy atom. The number of nitrogens with zero attached hydrogens (tertiary/aromatic N) is 1. The number of aryl methyl sites for hydroxylation is 1. The molecule has 0 aliphatic carbocycles. The van der Waals surface area contributed by atoms with Crippen molar-refractivity contribution in [2.24, 2.45) is 0 Å². The number of ether oxygens (including phenoxy) is 1. The second kappa shape index (κ2) is 6.58. The van der Waals surface area contributed by atoms with Crippen molar-refractivity contribution in [3.8, 4) is 0 Å². The molecule has 16 heavy (non-hydrogen) atoms. The average Bonchev–Trinajstić information content (AvgIpc) is 2.75. The van der Waals surface area contributed by atoms with E-state index < -0.39 is 0 Å². The molecule has 0 fully saturated rings. The van der Waals surface area contributed by atoms with Crippen LogP contribution in [0.25, 0.3) is 0 Å². The summed E-state index contributed by atoms with van der Waals surface area (Å²) in [5.41, 5.74) is 0.915. The Bertz CT molecular complexity index is 316. The standard InChI is InChI=1S/C12H20ClNOS/c1-4-12(3,15-5-2)11-14-10(9-16-11)7-6-8-13/h9H,4-8H2,1-3H3. The molecule has 0 saturated heterocycles. The Morgan fingerprint density at radius 3 is 2.81 bits per heavy atom. The van der Waals surface area contributed by atoms with Gasteiger partial charge >= 0.3 is 0 Å². The van der Waals surface area contributed by atoms with Crippen LogP contribution in [-0.2, 0) is 16.8 Å². The van der Waals surface area contributed by atoms with Gasteiger partial charge in [-0.3, -0.25) is 0 Å². The van der Waals surface area contributed by atoms with Gasteiger partial charge in [0.05, 0.1) is 5.69 Å². The van der Waals surface area contributed by atoms with Crippen LogP contribution in [0.5, 0.6) is 0 Å². The first kappa shape index (κ1) is 13.9. The molecule has 0 spiro atoms. The molecule has 4 heteroatoms. The predicted octanol–water partition coefficient (Wildman–Crippen LogP) is 3.98. The number of hydrogen-bond acceptors (Lipinski definition) is 3. The third kappa shape index (κ3) is 3.44. The smallest absolute Gasteiger partial charge is 0.125 e. The average molecular weight is 262 g/mol. The molecule has 1 aromatic rings. The molecular weight excluding hydrogens is 242 g/mol. The van der Waals surface area contributed by atoms with Gasteiger partial charge in [0.1, 0.15) is 10.6 Å². The van der Waals surface area contributed by atoms with E-state index in [1.807, 2.05) is 6.92 Å². The van der Waals surface area contributed by atoms with Crippen molar-refractivity contribution in [3.63, 3.8) is 0 Å². The monoisotopic (exact) mass is 261 g/mol. The van der Waals surface area contributed by atoms with Gasteiger partial charge in [0.25, 0.3) is 0 Å². The number of aromatic nitrogens is 1. The fourth-order valence-electron chi connectivity index (χ4n) is 1.55. The Kier molecular flexibility index (Phi) is 5.73. The second-order valence-corrected chi connectivity index (χ2v) is 5.19. The molecule has 0 N–H and O–H groups in total. The summed E-state index contributed by atoms with van der Waals surface area (Å²) in [5.74, 6) is 0.698. The van der Waals surface area contributed by atoms with Gasteiger partial charge in [0.2, 0.25) is 0 Å². The van der Waals surface area contributed by atoms with Crippen molar-refractivity contribution < 1.29 is 4.74 Å². The van der Waals surface area contributed by atoms with E-state index in [-0.39, 0.29) is 5.60 Å². The second-order valence-electron chi connectivity index (χ2n) is 3.95. The molecule has 0 saturated carbocycles. The topological polar surface area (TPSA) is 22.1 Å². The van der Waals surface area contributed by atoms with Gasteiger partial charge in [-0.15, -0.1) is 22.9 Å². The summed E-state index contributed by atoms with van der Waals surface area (Å²) in [6, 6.07) is 0. The molecule has 1 rings (SSSR count). The van der Waals surface area contributed by atoms with Crippen molar-refractivity contribution in [3.05, 3.63) is 16.1 Å². The first-order valence-corrected chi connectivity index (χ1v) is 7.22. The SMILES string of the molecule is CCOC(C)(CC)c1nc(CCCCl)cs1. The lowest BCUT2D eigenvalue weighted by Crippen LogP contribution is -2.24. The molecule has 1 heterocycles. The van der Waals surface area contributed by atoms with Crippen LogP contribution >= 0.6 is 22.9 Å². The van der Waals surface area contributed by atoms with Crippen LogP contribution in [-0.4, -0.2) is 17.5 Å². The lowest BCUT2D eigenvalue weighted by atomic mass is 10.0. The molecule has 1 atom stereocenters. The highest BCUT2D eigenvalue weighted by atomic mass is 35.5. The maximum Gasteiger partial charge on any atom is 0.125 e. The molecule has 2 nitrogen and oxygen atoms in total. The van der Waals surface area contributed by atoms with Crippen LogP contribution in [0.2, 0.25) is 0 Å². The van der Waals surface area contributed by atoms with Crippen LogP contribution in [0.1, 0.15) is 44.3 Å². The highest BCUT2D eigenvalue weighted by Gasteiger charge is 2.28. The van der Waals surface area contributed by atoms with Crippen molar-refractivity contribution in [2.75, 3.05) is 12.5 Å². The Hall–Kier alpha value is -0.120. The Morgan fingerprint density at radius 2 is 2.25 bits per heavy atom. The number of alkyl halides is 1. The van der Waals surface area contributed by atoms with Gasteiger partial charge in [-0.05, 0) is 33.1 Å². The zero-order chi connectivity index (χ0) is 12.0. The maximum atomic E-state index is 5.80. The van der Waals surface area contributed by atoms with E-state index in [2.05, 4.69) is 24.2 Å². The summed E-state index contributed by atoms with van der Waals surface area (Å²) in [4.78, 5) is 4.64. The molecule has 0 aliphatic rings. The molecule has 1 unspecified atom stereocenters. The number of thiazole rings is 1. The maximum absolute atomic E-state index is 5.80. The lowest BCUT2D eigenvalue weighted by Gasteiger charge is -2.25. The van der Waals surface area contributed by atoms with Crippen molar-refractivity contribution in [1.29, 1.82) is 0 Å². The predicted molar refractivity (Wildman–Crippen MR) is 70.4 cm³/mol. The van der Waals surface area contributed by atoms with Crippen LogP contribution < -0.4 is 0 Å². The van der Waals surface area contributed by atoms with Crippen molar-refractivity contribution in [2.45, 2.75) is 45.6 Å². The number of hydrogen-bond donors (Lipinski definition) is 0. The van der Waals surface area contributed by atoms with E-state index in [1.54, 1.807) is 11.3 Å². The van der Waals surface area contributed by atoms with Gasteiger partial charge in [-0.2, -0.15) is 0 Å². The van der Waals surface area contributed by atoms with Crippen LogP contribution in [0.3, 0.4) is 0 Å². The molecule has 0 bridgehead atoms. The zero-order valence-electron chi connectivity index (χ0n) is 10.3. The quantitative estimate of drug-likeness (QED) is 0.693. The summed E-state index contributed by atoms with van der Waals surface area (Å²) in [5, 5.41) is 3.20. The molecular formula is C12H20ClNOS. The summed E-state index contributed by atoms with van der Waals surface area (Å²) in [7, 11) is 0. The molecule has 92 valence electrons. The summed E-state index contributed by atoms with van der Waals surface area (Å²) < 4.78 is 5.80. The summed E-state index contributed by atoms with van der Waals surface area (Å²) in [6.07, 6.45) is 2.90. The van der Waals surface area contributed by atoms with Crippen LogP contribution in [0.15, 0.2) is 5.38 Å². The van der Waals surface area contributed by atoms with Gasteiger partial charge in [0.15, 0.2) is 0 Å². The third-order valence-corrected chi connectivity index (χ3v) is 4.11.